The van der Waals surface area contributed by atoms with E-state index in [1.165, 1.54) is 38.5 Å². The molecule has 0 bridgehead atoms. The standard InChI is InChI=1S/C17H34N2/c1-7-8-13-18-14(2)19-17(6)11-9-15(10-12-17)16(3,4)5/h15H,7-13H2,1-6H3,(H,18,19). The average Bonchev–Trinajstić information content (AvgIpc) is 2.28. The van der Waals surface area contributed by atoms with Gasteiger partial charge in [0.25, 0.3) is 0 Å². The molecule has 0 saturated heterocycles. The molecule has 1 saturated carbocycles. The van der Waals surface area contributed by atoms with Crippen LogP contribution in [0.5, 0.6) is 0 Å². The molecule has 0 spiro atoms. The average molecular weight is 266 g/mol. The molecule has 1 aliphatic carbocycles. The highest BCUT2D eigenvalue weighted by Crippen LogP contribution is 2.41. The second kappa shape index (κ2) is 6.76. The largest absolute Gasteiger partial charge is 0.369 e. The van der Waals surface area contributed by atoms with Crippen molar-refractivity contribution in [1.29, 1.82) is 0 Å². The van der Waals surface area contributed by atoms with Crippen LogP contribution in [0.15, 0.2) is 4.99 Å². The first-order valence-electron chi connectivity index (χ1n) is 8.06. The summed E-state index contributed by atoms with van der Waals surface area (Å²) >= 11 is 0. The van der Waals surface area contributed by atoms with Gasteiger partial charge in [-0.3, -0.25) is 4.99 Å². The van der Waals surface area contributed by atoms with Gasteiger partial charge in [0.1, 0.15) is 0 Å². The van der Waals surface area contributed by atoms with E-state index in [9.17, 15) is 0 Å². The molecule has 0 aromatic carbocycles. The number of nitrogens with one attached hydrogen (secondary N) is 1. The fourth-order valence-corrected chi connectivity index (χ4v) is 3.13. The Kier molecular flexibility index (Phi) is 5.88. The van der Waals surface area contributed by atoms with E-state index in [2.05, 4.69) is 51.9 Å². The Morgan fingerprint density at radius 2 is 1.84 bits per heavy atom. The van der Waals surface area contributed by atoms with E-state index in [0.29, 0.717) is 5.41 Å². The molecule has 1 aliphatic rings. The maximum absolute atomic E-state index is 4.63. The fraction of sp³-hybridized carbons (Fsp3) is 0.941. The molecule has 2 nitrogen and oxygen atoms in total. The zero-order valence-electron chi connectivity index (χ0n) is 14.0. The van der Waals surface area contributed by atoms with Gasteiger partial charge in [0.2, 0.25) is 0 Å². The topological polar surface area (TPSA) is 24.4 Å². The van der Waals surface area contributed by atoms with Crippen molar-refractivity contribution < 1.29 is 0 Å². The van der Waals surface area contributed by atoms with Crippen molar-refractivity contribution >= 4 is 5.84 Å². The lowest BCUT2D eigenvalue weighted by Gasteiger charge is -2.43. The Morgan fingerprint density at radius 1 is 1.26 bits per heavy atom. The van der Waals surface area contributed by atoms with Crippen molar-refractivity contribution in [3.8, 4) is 0 Å². The van der Waals surface area contributed by atoms with E-state index in [-0.39, 0.29) is 5.54 Å². The summed E-state index contributed by atoms with van der Waals surface area (Å²) < 4.78 is 0. The van der Waals surface area contributed by atoms with E-state index >= 15 is 0 Å². The first-order chi connectivity index (χ1) is 8.77. The molecule has 0 aromatic rings. The van der Waals surface area contributed by atoms with Gasteiger partial charge in [0, 0.05) is 12.1 Å². The van der Waals surface area contributed by atoms with Gasteiger partial charge in [0.05, 0.1) is 5.84 Å². The molecule has 2 heteroatoms. The third-order valence-corrected chi connectivity index (χ3v) is 4.66. The van der Waals surface area contributed by atoms with Crippen LogP contribution in [-0.4, -0.2) is 17.9 Å². The minimum absolute atomic E-state index is 0.265. The summed E-state index contributed by atoms with van der Waals surface area (Å²) in [4.78, 5) is 4.63. The first kappa shape index (κ1) is 16.5. The van der Waals surface area contributed by atoms with Gasteiger partial charge in [-0.2, -0.15) is 0 Å². The summed E-state index contributed by atoms with van der Waals surface area (Å²) in [6.07, 6.45) is 7.65. The Bertz CT molecular complexity index is 291. The lowest BCUT2D eigenvalue weighted by Crippen LogP contribution is -2.48. The number of nitrogens with zero attached hydrogens (tertiary/aromatic N) is 1. The van der Waals surface area contributed by atoms with Gasteiger partial charge in [-0.25, -0.2) is 0 Å². The summed E-state index contributed by atoms with van der Waals surface area (Å²) in [5.41, 5.74) is 0.729. The molecule has 0 aliphatic heterocycles. The number of unbranched alkanes of at least 4 members (excludes halogenated alkanes) is 1. The fourth-order valence-electron chi connectivity index (χ4n) is 3.13. The molecule has 0 atom stereocenters. The molecular formula is C17H34N2. The van der Waals surface area contributed by atoms with Crippen LogP contribution in [-0.2, 0) is 0 Å². The van der Waals surface area contributed by atoms with Crippen molar-refractivity contribution in [2.24, 2.45) is 16.3 Å². The maximum Gasteiger partial charge on any atom is 0.0935 e. The zero-order valence-corrected chi connectivity index (χ0v) is 14.0. The molecule has 0 radical (unpaired) electrons. The summed E-state index contributed by atoms with van der Waals surface area (Å²) in [7, 11) is 0. The quantitative estimate of drug-likeness (QED) is 0.441. The molecule has 112 valence electrons. The lowest BCUT2D eigenvalue weighted by atomic mass is 9.68. The van der Waals surface area contributed by atoms with Crippen molar-refractivity contribution in [2.45, 2.75) is 85.6 Å². The molecule has 1 N–H and O–H groups in total. The summed E-state index contributed by atoms with van der Waals surface area (Å²) in [5, 5.41) is 3.68. The molecule has 1 fully saturated rings. The van der Waals surface area contributed by atoms with E-state index in [4.69, 9.17) is 0 Å². The predicted molar refractivity (Wildman–Crippen MR) is 85.8 cm³/mol. The van der Waals surface area contributed by atoms with Crippen LogP contribution in [0.2, 0.25) is 0 Å². The van der Waals surface area contributed by atoms with Gasteiger partial charge in [-0.1, -0.05) is 34.1 Å². The molecular weight excluding hydrogens is 232 g/mol. The van der Waals surface area contributed by atoms with Gasteiger partial charge in [-0.05, 0) is 57.3 Å². The van der Waals surface area contributed by atoms with E-state index in [0.717, 1.165) is 18.3 Å². The molecule has 0 aromatic heterocycles. The zero-order chi connectivity index (χ0) is 14.5. The monoisotopic (exact) mass is 266 g/mol. The number of hydrogen-bond donors (Lipinski definition) is 1. The van der Waals surface area contributed by atoms with Gasteiger partial charge in [-0.15, -0.1) is 0 Å². The number of hydrogen-bond acceptors (Lipinski definition) is 1. The van der Waals surface area contributed by atoms with Crippen LogP contribution in [0, 0.1) is 11.3 Å². The number of aliphatic imine (C=N–C) groups is 1. The second-order valence-corrected chi connectivity index (χ2v) is 7.65. The third-order valence-electron chi connectivity index (χ3n) is 4.66. The summed E-state index contributed by atoms with van der Waals surface area (Å²) in [6, 6.07) is 0. The van der Waals surface area contributed by atoms with Crippen LogP contribution in [0.25, 0.3) is 0 Å². The highest BCUT2D eigenvalue weighted by Gasteiger charge is 2.35. The molecule has 0 heterocycles. The Labute approximate surface area is 120 Å². The number of rotatable bonds is 4. The van der Waals surface area contributed by atoms with E-state index in [1.807, 2.05) is 0 Å². The lowest BCUT2D eigenvalue weighted by molar-refractivity contribution is 0.133. The van der Waals surface area contributed by atoms with Crippen LogP contribution < -0.4 is 5.32 Å². The SMILES string of the molecule is CCCCN=C(C)NC1(C)CCC(C(C)(C)C)CC1. The Hall–Kier alpha value is -0.530. The van der Waals surface area contributed by atoms with E-state index in [1.54, 1.807) is 0 Å². The molecule has 0 unspecified atom stereocenters. The normalized spacial score (nSPS) is 29.4. The van der Waals surface area contributed by atoms with Crippen molar-refractivity contribution in [3.63, 3.8) is 0 Å². The van der Waals surface area contributed by atoms with Gasteiger partial charge < -0.3 is 5.32 Å². The van der Waals surface area contributed by atoms with Crippen LogP contribution in [0.4, 0.5) is 0 Å². The highest BCUT2D eigenvalue weighted by molar-refractivity contribution is 5.80. The van der Waals surface area contributed by atoms with Crippen LogP contribution in [0.1, 0.15) is 80.1 Å². The van der Waals surface area contributed by atoms with Crippen LogP contribution in [0.3, 0.4) is 0 Å². The maximum atomic E-state index is 4.63. The third kappa shape index (κ3) is 5.54. The smallest absolute Gasteiger partial charge is 0.0935 e. The molecule has 0 amide bonds. The first-order valence-corrected chi connectivity index (χ1v) is 8.06. The minimum atomic E-state index is 0.265. The van der Waals surface area contributed by atoms with Crippen molar-refractivity contribution in [3.05, 3.63) is 0 Å². The molecule has 1 rings (SSSR count). The summed E-state index contributed by atoms with van der Waals surface area (Å²) in [5.74, 6) is 2.00. The second-order valence-electron chi connectivity index (χ2n) is 7.65. The van der Waals surface area contributed by atoms with Crippen molar-refractivity contribution in [2.75, 3.05) is 6.54 Å². The predicted octanol–water partition coefficient (Wildman–Crippen LogP) is 4.79. The van der Waals surface area contributed by atoms with Crippen LogP contribution >= 0.6 is 0 Å². The van der Waals surface area contributed by atoms with Crippen molar-refractivity contribution in [1.82, 2.24) is 5.32 Å². The number of amidine groups is 1. The van der Waals surface area contributed by atoms with E-state index < -0.39 is 0 Å². The minimum Gasteiger partial charge on any atom is -0.369 e. The Morgan fingerprint density at radius 3 is 2.32 bits per heavy atom. The molecule has 19 heavy (non-hydrogen) atoms. The van der Waals surface area contributed by atoms with Gasteiger partial charge >= 0.3 is 0 Å². The van der Waals surface area contributed by atoms with Gasteiger partial charge in [0.15, 0.2) is 0 Å². The Balaban J connectivity index is 2.45. The highest BCUT2D eigenvalue weighted by atomic mass is 15.0. The summed E-state index contributed by atoms with van der Waals surface area (Å²) in [6.45, 7) is 14.8.